The van der Waals surface area contributed by atoms with Crippen LogP contribution in [0.15, 0.2) is 24.4 Å². The number of fused-ring (bicyclic) bond motifs is 1. The van der Waals surface area contributed by atoms with Crippen molar-refractivity contribution in [2.24, 2.45) is 0 Å². The molecule has 0 spiro atoms. The summed E-state index contributed by atoms with van der Waals surface area (Å²) in [5.74, 6) is 1.16. The van der Waals surface area contributed by atoms with E-state index in [0.29, 0.717) is 5.92 Å². The summed E-state index contributed by atoms with van der Waals surface area (Å²) in [6.45, 7) is 21.1. The minimum Gasteiger partial charge on any atom is -0.543 e. The van der Waals surface area contributed by atoms with Crippen LogP contribution in [-0.4, -0.2) is 24.6 Å². The first-order valence-electron chi connectivity index (χ1n) is 9.70. The van der Waals surface area contributed by atoms with Gasteiger partial charge in [0, 0.05) is 11.6 Å². The van der Waals surface area contributed by atoms with Crippen molar-refractivity contribution in [2.75, 3.05) is 0 Å². The van der Waals surface area contributed by atoms with Gasteiger partial charge >= 0.3 is 6.09 Å². The van der Waals surface area contributed by atoms with Gasteiger partial charge in [0.2, 0.25) is 8.32 Å². The lowest BCUT2D eigenvalue weighted by molar-refractivity contribution is 0.0544. The molecule has 5 heteroatoms. The van der Waals surface area contributed by atoms with Gasteiger partial charge in [0.25, 0.3) is 0 Å². The Morgan fingerprint density at radius 3 is 2.15 bits per heavy atom. The van der Waals surface area contributed by atoms with Crippen LogP contribution in [0.25, 0.3) is 10.9 Å². The van der Waals surface area contributed by atoms with Crippen LogP contribution in [0.3, 0.4) is 0 Å². The van der Waals surface area contributed by atoms with Gasteiger partial charge in [-0.1, -0.05) is 34.6 Å². The van der Waals surface area contributed by atoms with E-state index >= 15 is 0 Å². The Kier molecular flexibility index (Phi) is 5.59. The maximum Gasteiger partial charge on any atom is 0.419 e. The highest BCUT2D eigenvalue weighted by atomic mass is 28.4. The Hall–Kier alpha value is -1.75. The van der Waals surface area contributed by atoms with E-state index in [1.807, 2.05) is 39.1 Å². The van der Waals surface area contributed by atoms with E-state index in [-0.39, 0.29) is 11.1 Å². The summed E-state index contributed by atoms with van der Waals surface area (Å²) in [7, 11) is -1.92. The Morgan fingerprint density at radius 1 is 1.07 bits per heavy atom. The van der Waals surface area contributed by atoms with Crippen molar-refractivity contribution >= 4 is 25.3 Å². The smallest absolute Gasteiger partial charge is 0.419 e. The molecule has 4 nitrogen and oxygen atoms in total. The summed E-state index contributed by atoms with van der Waals surface area (Å²) >= 11 is 0. The number of aromatic nitrogens is 1. The van der Waals surface area contributed by atoms with Gasteiger partial charge in [0.05, 0.1) is 5.52 Å². The standard InChI is InChI=1S/C22H35NO3Si/c1-15(2)18-14-23(20(24)25-21(3,4)5)19-12-11-16(13-17(18)19)26-27(9,10)22(6,7)8/h11-15H,1-10H3. The van der Waals surface area contributed by atoms with Crippen LogP contribution in [0.5, 0.6) is 5.75 Å². The van der Waals surface area contributed by atoms with Crippen molar-refractivity contribution < 1.29 is 14.0 Å². The average molecular weight is 390 g/mol. The van der Waals surface area contributed by atoms with Crippen molar-refractivity contribution in [3.63, 3.8) is 0 Å². The van der Waals surface area contributed by atoms with Crippen LogP contribution in [-0.2, 0) is 4.74 Å². The third-order valence-electron chi connectivity index (χ3n) is 5.20. The van der Waals surface area contributed by atoms with Crippen LogP contribution in [0.4, 0.5) is 4.79 Å². The lowest BCUT2D eigenvalue weighted by Gasteiger charge is -2.36. The van der Waals surface area contributed by atoms with E-state index in [2.05, 4.69) is 53.8 Å². The van der Waals surface area contributed by atoms with E-state index < -0.39 is 13.9 Å². The number of hydrogen-bond donors (Lipinski definition) is 0. The normalized spacial score (nSPS) is 13.3. The van der Waals surface area contributed by atoms with Gasteiger partial charge in [-0.25, -0.2) is 4.79 Å². The number of ether oxygens (including phenoxy) is 1. The van der Waals surface area contributed by atoms with E-state index in [4.69, 9.17) is 9.16 Å². The molecule has 0 aliphatic rings. The van der Waals surface area contributed by atoms with Gasteiger partial charge in [-0.2, -0.15) is 0 Å². The summed E-state index contributed by atoms with van der Waals surface area (Å²) in [4.78, 5) is 12.7. The van der Waals surface area contributed by atoms with E-state index in [0.717, 1.165) is 22.2 Å². The molecular formula is C22H35NO3Si. The Labute approximate surface area is 165 Å². The highest BCUT2D eigenvalue weighted by molar-refractivity contribution is 6.74. The number of carbonyl (C=O) groups is 1. The maximum atomic E-state index is 12.7. The first kappa shape index (κ1) is 21.5. The van der Waals surface area contributed by atoms with Crippen molar-refractivity contribution in [1.82, 2.24) is 4.57 Å². The lowest BCUT2D eigenvalue weighted by atomic mass is 10.0. The van der Waals surface area contributed by atoms with Crippen LogP contribution >= 0.6 is 0 Å². The van der Waals surface area contributed by atoms with Crippen molar-refractivity contribution in [2.45, 2.75) is 85.0 Å². The molecule has 2 rings (SSSR count). The second kappa shape index (κ2) is 7.01. The minimum absolute atomic E-state index is 0.130. The molecular weight excluding hydrogens is 354 g/mol. The van der Waals surface area contributed by atoms with Crippen LogP contribution in [0.1, 0.15) is 66.9 Å². The molecule has 0 amide bonds. The van der Waals surface area contributed by atoms with E-state index in [1.165, 1.54) is 0 Å². The molecule has 0 atom stereocenters. The van der Waals surface area contributed by atoms with Crippen LogP contribution in [0, 0.1) is 0 Å². The zero-order chi connectivity index (χ0) is 20.8. The zero-order valence-electron chi connectivity index (χ0n) is 18.6. The SMILES string of the molecule is CC(C)c1cn(C(=O)OC(C)(C)C)c2ccc(O[Si](C)(C)C(C)(C)C)cc12. The van der Waals surface area contributed by atoms with Gasteiger partial charge in [-0.3, -0.25) is 4.57 Å². The molecule has 0 N–H and O–H groups in total. The predicted octanol–water partition coefficient (Wildman–Crippen LogP) is 6.93. The van der Waals surface area contributed by atoms with Crippen LogP contribution < -0.4 is 4.43 Å². The molecule has 1 heterocycles. The van der Waals surface area contributed by atoms with Crippen molar-refractivity contribution in [1.29, 1.82) is 0 Å². The molecule has 0 aliphatic heterocycles. The summed E-state index contributed by atoms with van der Waals surface area (Å²) in [6, 6.07) is 6.01. The lowest BCUT2D eigenvalue weighted by Crippen LogP contribution is -2.43. The second-order valence-corrected chi connectivity index (χ2v) is 14.9. The summed E-state index contributed by atoms with van der Waals surface area (Å²) in [5.41, 5.74) is 1.45. The summed E-state index contributed by atoms with van der Waals surface area (Å²) in [5, 5.41) is 1.18. The molecule has 1 aromatic carbocycles. The fourth-order valence-corrected chi connectivity index (χ4v) is 3.69. The van der Waals surface area contributed by atoms with E-state index in [1.54, 1.807) is 4.57 Å². The largest absolute Gasteiger partial charge is 0.543 e. The molecule has 0 saturated carbocycles. The number of benzene rings is 1. The maximum absolute atomic E-state index is 12.7. The molecule has 0 aliphatic carbocycles. The molecule has 0 bridgehead atoms. The Morgan fingerprint density at radius 2 is 1.67 bits per heavy atom. The number of rotatable bonds is 3. The average Bonchev–Trinajstić information content (AvgIpc) is 2.82. The molecule has 0 saturated heterocycles. The molecule has 0 unspecified atom stereocenters. The van der Waals surface area contributed by atoms with Gasteiger partial charge < -0.3 is 9.16 Å². The first-order chi connectivity index (χ1) is 12.1. The molecule has 150 valence electrons. The minimum atomic E-state index is -1.92. The third kappa shape index (κ3) is 4.75. The molecule has 27 heavy (non-hydrogen) atoms. The fourth-order valence-electron chi connectivity index (χ4n) is 2.67. The summed E-state index contributed by atoms with van der Waals surface area (Å²) in [6.07, 6.45) is 1.55. The summed E-state index contributed by atoms with van der Waals surface area (Å²) < 4.78 is 13.7. The van der Waals surface area contributed by atoms with Crippen molar-refractivity contribution in [3.8, 4) is 5.75 Å². The predicted molar refractivity (Wildman–Crippen MR) is 115 cm³/mol. The molecule has 1 aromatic heterocycles. The Bertz CT molecular complexity index is 836. The third-order valence-corrected chi connectivity index (χ3v) is 9.56. The number of nitrogens with zero attached hydrogens (tertiary/aromatic N) is 1. The van der Waals surface area contributed by atoms with Gasteiger partial charge in [-0.05, 0) is 68.6 Å². The van der Waals surface area contributed by atoms with Crippen LogP contribution in [0.2, 0.25) is 18.1 Å². The highest BCUT2D eigenvalue weighted by Crippen LogP contribution is 2.39. The van der Waals surface area contributed by atoms with Gasteiger partial charge in [-0.15, -0.1) is 0 Å². The molecule has 2 aromatic rings. The molecule has 0 fully saturated rings. The Balaban J connectivity index is 2.52. The highest BCUT2D eigenvalue weighted by Gasteiger charge is 2.39. The first-order valence-corrected chi connectivity index (χ1v) is 12.6. The van der Waals surface area contributed by atoms with Crippen molar-refractivity contribution in [3.05, 3.63) is 30.0 Å². The fraction of sp³-hybridized carbons (Fsp3) is 0.591. The topological polar surface area (TPSA) is 40.5 Å². The number of carbonyl (C=O) groups excluding carboxylic acids is 1. The van der Waals surface area contributed by atoms with E-state index in [9.17, 15) is 4.79 Å². The quantitative estimate of drug-likeness (QED) is 0.534. The monoisotopic (exact) mass is 389 g/mol. The van der Waals surface area contributed by atoms with Gasteiger partial charge in [0.15, 0.2) is 0 Å². The molecule has 0 radical (unpaired) electrons. The number of hydrogen-bond acceptors (Lipinski definition) is 3. The zero-order valence-corrected chi connectivity index (χ0v) is 19.6. The second-order valence-electron chi connectivity index (χ2n) is 10.1. The van der Waals surface area contributed by atoms with Gasteiger partial charge in [0.1, 0.15) is 11.4 Å².